The van der Waals surface area contributed by atoms with Crippen molar-refractivity contribution in [2.45, 2.75) is 84.3 Å². The molecule has 0 spiro atoms. The van der Waals surface area contributed by atoms with E-state index in [0.29, 0.717) is 38.5 Å². The molecule has 4 atom stereocenters. The van der Waals surface area contributed by atoms with Crippen LogP contribution in [0.1, 0.15) is 77.4 Å². The zero-order valence-corrected chi connectivity index (χ0v) is 33.6. The highest BCUT2D eigenvalue weighted by molar-refractivity contribution is 5.94. The van der Waals surface area contributed by atoms with Crippen LogP contribution in [0, 0.1) is 17.8 Å². The predicted octanol–water partition coefficient (Wildman–Crippen LogP) is 6.49. The van der Waals surface area contributed by atoms with Crippen LogP contribution in [-0.4, -0.2) is 94.6 Å². The monoisotopic (exact) mass is 779 g/mol. The molecule has 302 valence electrons. The number of nitrogens with zero attached hydrogens (tertiary/aromatic N) is 4. The van der Waals surface area contributed by atoms with Crippen LogP contribution in [0.25, 0.3) is 33.6 Å². The van der Waals surface area contributed by atoms with Crippen LogP contribution in [0.15, 0.2) is 48.7 Å². The summed E-state index contributed by atoms with van der Waals surface area (Å²) in [6.07, 6.45) is 5.08. The number of esters is 1. The van der Waals surface area contributed by atoms with E-state index >= 15 is 0 Å². The Kier molecular flexibility index (Phi) is 11.7. The van der Waals surface area contributed by atoms with E-state index in [4.69, 9.17) is 24.2 Å². The van der Waals surface area contributed by atoms with Crippen LogP contribution >= 0.6 is 0 Å². The van der Waals surface area contributed by atoms with Gasteiger partial charge in [0.15, 0.2) is 5.78 Å². The zero-order valence-electron chi connectivity index (χ0n) is 33.6. The number of aromatic nitrogens is 4. The van der Waals surface area contributed by atoms with Gasteiger partial charge in [-0.15, -0.1) is 0 Å². The Morgan fingerprint density at radius 3 is 2.37 bits per heavy atom. The molecule has 2 saturated heterocycles. The third kappa shape index (κ3) is 8.12. The number of hydrogen-bond acceptors (Lipinski definition) is 10. The SMILES string of the molecule is COC(=O)C[C@H](C(=O)N1CCC[C@H]1c1ncc(-c2ccc(-c3ccc4c(c3)OCCc3[nH]c(N5CCCC5C(=O)[C@@H](NC(=O)OC)C(C)C)nc3-4)cc2)[nH]1)C(C)C. The van der Waals surface area contributed by atoms with Gasteiger partial charge in [0.05, 0.1) is 68.9 Å². The number of fused-ring (bicyclic) bond motifs is 3. The fraction of sp³-hybridized carbons (Fsp3) is 0.488. The molecular weight excluding hydrogens is 727 g/mol. The third-order valence-corrected chi connectivity index (χ3v) is 11.6. The predicted molar refractivity (Wildman–Crippen MR) is 214 cm³/mol. The number of nitrogens with one attached hydrogen (secondary N) is 3. The third-order valence-electron chi connectivity index (χ3n) is 11.6. The summed E-state index contributed by atoms with van der Waals surface area (Å²) >= 11 is 0. The molecule has 7 rings (SSSR count). The van der Waals surface area contributed by atoms with E-state index in [2.05, 4.69) is 45.6 Å². The average molecular weight is 780 g/mol. The summed E-state index contributed by atoms with van der Waals surface area (Å²) in [5, 5.41) is 2.73. The highest BCUT2D eigenvalue weighted by Crippen LogP contribution is 2.40. The molecule has 0 bridgehead atoms. The number of H-pyrrole nitrogens is 2. The second-order valence-corrected chi connectivity index (χ2v) is 15.9. The van der Waals surface area contributed by atoms with Crippen molar-refractivity contribution in [3.63, 3.8) is 0 Å². The number of anilines is 1. The van der Waals surface area contributed by atoms with Crippen molar-refractivity contribution in [3.8, 4) is 39.4 Å². The van der Waals surface area contributed by atoms with Gasteiger partial charge in [0.25, 0.3) is 0 Å². The minimum atomic E-state index is -0.668. The van der Waals surface area contributed by atoms with Crippen molar-refractivity contribution in [3.05, 3.63) is 60.2 Å². The summed E-state index contributed by atoms with van der Waals surface area (Å²) in [6.45, 7) is 9.53. The number of aromatic amines is 2. The van der Waals surface area contributed by atoms with Crippen LogP contribution in [0.3, 0.4) is 0 Å². The molecule has 2 amide bonds. The molecule has 3 aliphatic heterocycles. The van der Waals surface area contributed by atoms with Gasteiger partial charge in [-0.05, 0) is 66.3 Å². The largest absolute Gasteiger partial charge is 0.492 e. The van der Waals surface area contributed by atoms with Crippen LogP contribution in [0.4, 0.5) is 10.7 Å². The Bertz CT molecular complexity index is 2110. The Morgan fingerprint density at radius 1 is 0.912 bits per heavy atom. The second kappa shape index (κ2) is 16.8. The van der Waals surface area contributed by atoms with Gasteiger partial charge >= 0.3 is 12.1 Å². The van der Waals surface area contributed by atoms with Gasteiger partial charge < -0.3 is 39.3 Å². The number of carbonyl (C=O) groups is 4. The van der Waals surface area contributed by atoms with Crippen molar-refractivity contribution in [1.29, 1.82) is 0 Å². The van der Waals surface area contributed by atoms with Gasteiger partial charge in [-0.2, -0.15) is 0 Å². The molecule has 14 nitrogen and oxygen atoms in total. The minimum Gasteiger partial charge on any atom is -0.492 e. The maximum atomic E-state index is 13.8. The van der Waals surface area contributed by atoms with Gasteiger partial charge in [0.2, 0.25) is 11.9 Å². The number of hydrogen-bond donors (Lipinski definition) is 3. The Morgan fingerprint density at radius 2 is 1.65 bits per heavy atom. The number of amides is 2. The Labute approximate surface area is 333 Å². The number of alkyl carbamates (subject to hydrolysis) is 1. The number of benzene rings is 2. The molecule has 2 fully saturated rings. The zero-order chi connectivity index (χ0) is 40.4. The second-order valence-electron chi connectivity index (χ2n) is 15.9. The van der Waals surface area contributed by atoms with E-state index in [0.717, 1.165) is 70.2 Å². The quantitative estimate of drug-likeness (QED) is 0.135. The first-order chi connectivity index (χ1) is 27.5. The van der Waals surface area contributed by atoms with Gasteiger partial charge in [-0.1, -0.05) is 58.0 Å². The topological polar surface area (TPSA) is 172 Å². The molecule has 0 radical (unpaired) electrons. The van der Waals surface area contributed by atoms with Crippen molar-refractivity contribution >= 4 is 29.7 Å². The van der Waals surface area contributed by atoms with E-state index in [-0.39, 0.29) is 42.0 Å². The fourth-order valence-corrected chi connectivity index (χ4v) is 8.38. The minimum absolute atomic E-state index is 0.000376. The lowest BCUT2D eigenvalue weighted by atomic mass is 9.91. The van der Waals surface area contributed by atoms with Gasteiger partial charge in [0.1, 0.15) is 11.6 Å². The highest BCUT2D eigenvalue weighted by atomic mass is 16.5. The lowest BCUT2D eigenvalue weighted by molar-refractivity contribution is -0.148. The summed E-state index contributed by atoms with van der Waals surface area (Å²) in [5.41, 5.74) is 6.50. The normalized spacial score (nSPS) is 18.7. The maximum Gasteiger partial charge on any atom is 0.407 e. The van der Waals surface area contributed by atoms with Crippen LogP contribution in [0.2, 0.25) is 0 Å². The van der Waals surface area contributed by atoms with Crippen LogP contribution in [0.5, 0.6) is 5.75 Å². The molecule has 57 heavy (non-hydrogen) atoms. The first kappa shape index (κ1) is 39.6. The molecule has 3 N–H and O–H groups in total. The van der Waals surface area contributed by atoms with E-state index < -0.39 is 24.1 Å². The number of imidazole rings is 2. The molecule has 0 aliphatic carbocycles. The van der Waals surface area contributed by atoms with E-state index in [1.54, 1.807) is 0 Å². The summed E-state index contributed by atoms with van der Waals surface area (Å²) < 4.78 is 15.9. The molecule has 0 saturated carbocycles. The molecule has 1 unspecified atom stereocenters. The molecule has 4 aromatic rings. The summed E-state index contributed by atoms with van der Waals surface area (Å²) in [7, 11) is 2.65. The summed E-state index contributed by atoms with van der Waals surface area (Å²) in [4.78, 5) is 72.1. The summed E-state index contributed by atoms with van der Waals surface area (Å²) in [6, 6.07) is 13.1. The first-order valence-electron chi connectivity index (χ1n) is 20.0. The first-order valence-corrected chi connectivity index (χ1v) is 20.0. The van der Waals surface area contributed by atoms with Crippen LogP contribution < -0.4 is 15.0 Å². The van der Waals surface area contributed by atoms with Crippen molar-refractivity contribution in [2.75, 3.05) is 38.8 Å². The number of ketones is 1. The number of Topliss-reactive ketones (excluding diaryl/α,β-unsaturated/α-hetero) is 1. The standard InChI is InChI=1S/C43H53N7O7/c1-24(2)30(22-36(51)55-5)41(53)49-18-8-10-34(49)40-44-23-32(45-40)27-13-11-26(12-14-27)28-15-16-29-35(21-28)57-20-17-31-38(29)47-42(46-31)50-19-7-9-33(50)39(52)37(25(3)4)48-43(54)56-6/h11-16,21,23-25,30,33-34,37H,7-10,17-20,22H2,1-6H3,(H,44,45)(H,46,47)(H,48,54)/t30-,33?,34-,37-/m0/s1. The number of methoxy groups -OCH3 is 2. The Balaban J connectivity index is 1.06. The van der Waals surface area contributed by atoms with Gasteiger partial charge in [0, 0.05) is 30.8 Å². The number of carbonyl (C=O) groups excluding carboxylic acids is 4. The van der Waals surface area contributed by atoms with Gasteiger partial charge in [-0.25, -0.2) is 14.8 Å². The number of likely N-dealkylation sites (tertiary alicyclic amines) is 1. The lowest BCUT2D eigenvalue weighted by Gasteiger charge is -2.29. The average Bonchev–Trinajstić information content (AvgIpc) is 4.04. The van der Waals surface area contributed by atoms with E-state index in [1.807, 2.05) is 55.8 Å². The molecule has 5 heterocycles. The molecule has 2 aromatic heterocycles. The summed E-state index contributed by atoms with van der Waals surface area (Å²) in [5.74, 6) is 1.12. The molecule has 3 aliphatic rings. The molecule has 2 aromatic carbocycles. The molecule has 14 heteroatoms. The van der Waals surface area contributed by atoms with E-state index in [1.165, 1.54) is 14.2 Å². The van der Waals surface area contributed by atoms with Crippen molar-refractivity contribution in [1.82, 2.24) is 30.2 Å². The fourth-order valence-electron chi connectivity index (χ4n) is 8.38. The highest BCUT2D eigenvalue weighted by Gasteiger charge is 2.40. The van der Waals surface area contributed by atoms with Crippen molar-refractivity contribution in [2.24, 2.45) is 17.8 Å². The number of rotatable bonds is 12. The Hall–Kier alpha value is -5.66. The number of ether oxygens (including phenoxy) is 3. The van der Waals surface area contributed by atoms with Crippen LogP contribution in [-0.2, 0) is 30.3 Å². The van der Waals surface area contributed by atoms with Crippen molar-refractivity contribution < 1.29 is 33.4 Å². The lowest BCUT2D eigenvalue weighted by Crippen LogP contribution is -2.52. The maximum absolute atomic E-state index is 13.8. The smallest absolute Gasteiger partial charge is 0.407 e. The van der Waals surface area contributed by atoms with Gasteiger partial charge in [-0.3, -0.25) is 14.4 Å². The molecular formula is C43H53N7O7. The van der Waals surface area contributed by atoms with E-state index in [9.17, 15) is 19.2 Å².